The van der Waals surface area contributed by atoms with E-state index in [1.165, 1.54) is 0 Å². The third-order valence-electron chi connectivity index (χ3n) is 6.63. The number of amides is 3. The summed E-state index contributed by atoms with van der Waals surface area (Å²) < 4.78 is 0. The highest BCUT2D eigenvalue weighted by atomic mass is 16.2. The summed E-state index contributed by atoms with van der Waals surface area (Å²) in [6, 6.07) is 9.99. The normalized spacial score (nSPS) is 22.5. The molecule has 1 aliphatic heterocycles. The molecule has 2 atom stereocenters. The molecule has 1 aliphatic carbocycles. The van der Waals surface area contributed by atoms with Crippen molar-refractivity contribution >= 4 is 17.7 Å². The molecule has 2 unspecified atom stereocenters. The van der Waals surface area contributed by atoms with E-state index >= 15 is 0 Å². The number of rotatable bonds is 9. The highest BCUT2D eigenvalue weighted by Gasteiger charge is 2.43. The van der Waals surface area contributed by atoms with Crippen LogP contribution in [0.2, 0.25) is 0 Å². The van der Waals surface area contributed by atoms with E-state index in [-0.39, 0.29) is 36.4 Å². The van der Waals surface area contributed by atoms with E-state index in [0.29, 0.717) is 32.1 Å². The summed E-state index contributed by atoms with van der Waals surface area (Å²) in [5.41, 5.74) is 6.50. The zero-order valence-electron chi connectivity index (χ0n) is 19.7. The minimum Gasteiger partial charge on any atom is -0.368 e. The molecule has 2 N–H and O–H groups in total. The topological polar surface area (TPSA) is 87.0 Å². The number of carbonyl (C=O) groups excluding carboxylic acids is 3. The van der Waals surface area contributed by atoms with Crippen LogP contribution >= 0.6 is 0 Å². The van der Waals surface area contributed by atoms with Crippen LogP contribution in [-0.2, 0) is 20.9 Å². The van der Waals surface area contributed by atoms with Gasteiger partial charge in [-0.3, -0.25) is 19.3 Å². The van der Waals surface area contributed by atoms with Gasteiger partial charge in [-0.15, -0.1) is 0 Å². The Morgan fingerprint density at radius 3 is 2.41 bits per heavy atom. The first kappa shape index (κ1) is 24.2. The van der Waals surface area contributed by atoms with Crippen molar-refractivity contribution in [2.75, 3.05) is 19.6 Å². The molecule has 176 valence electrons. The minimum absolute atomic E-state index is 0.0601. The summed E-state index contributed by atoms with van der Waals surface area (Å²) in [6.07, 6.45) is 4.75. The molecule has 1 aromatic rings. The Bertz CT molecular complexity index is 792. The maximum Gasteiger partial charge on any atom is 0.240 e. The van der Waals surface area contributed by atoms with E-state index in [4.69, 9.17) is 5.73 Å². The predicted molar refractivity (Wildman–Crippen MR) is 124 cm³/mol. The van der Waals surface area contributed by atoms with Crippen molar-refractivity contribution in [1.29, 1.82) is 0 Å². The lowest BCUT2D eigenvalue weighted by Crippen LogP contribution is -2.63. The van der Waals surface area contributed by atoms with Gasteiger partial charge in [0.15, 0.2) is 0 Å². The van der Waals surface area contributed by atoms with E-state index in [9.17, 15) is 14.4 Å². The van der Waals surface area contributed by atoms with Crippen molar-refractivity contribution < 1.29 is 14.4 Å². The summed E-state index contributed by atoms with van der Waals surface area (Å²) >= 11 is 0. The molecule has 32 heavy (non-hydrogen) atoms. The highest BCUT2D eigenvalue weighted by Crippen LogP contribution is 2.32. The zero-order chi connectivity index (χ0) is 23.3. The van der Waals surface area contributed by atoms with Gasteiger partial charge in [-0.25, -0.2) is 0 Å². The first-order chi connectivity index (χ1) is 15.3. The number of primary amides is 1. The highest BCUT2D eigenvalue weighted by molar-refractivity contribution is 5.85. The first-order valence-corrected chi connectivity index (χ1v) is 11.9. The van der Waals surface area contributed by atoms with Gasteiger partial charge in [0.2, 0.25) is 17.7 Å². The van der Waals surface area contributed by atoms with Gasteiger partial charge in [-0.05, 0) is 31.2 Å². The van der Waals surface area contributed by atoms with Gasteiger partial charge < -0.3 is 15.5 Å². The average Bonchev–Trinajstić information content (AvgIpc) is 3.25. The molecule has 3 amide bonds. The monoisotopic (exact) mass is 442 g/mol. The van der Waals surface area contributed by atoms with Crippen molar-refractivity contribution in [2.45, 2.75) is 77.5 Å². The standard InChI is InChI=1S/C25H38N4O3/c1-18(2)14-27(17-23(26)30)24(31)13-22-16-28(15-20-9-5-4-6-10-20)25(32)19(3)29(22)21-11-7-8-12-21/h4-6,9-10,18-19,21-22H,7-8,11-17H2,1-3H3,(H2,26,30). The summed E-state index contributed by atoms with van der Waals surface area (Å²) in [6.45, 7) is 7.53. The molecule has 1 aromatic carbocycles. The van der Waals surface area contributed by atoms with Crippen LogP contribution in [0, 0.1) is 5.92 Å². The maximum atomic E-state index is 13.3. The van der Waals surface area contributed by atoms with E-state index in [1.54, 1.807) is 4.90 Å². The fourth-order valence-corrected chi connectivity index (χ4v) is 5.29. The number of benzene rings is 1. The molecule has 0 aromatic heterocycles. The predicted octanol–water partition coefficient (Wildman–Crippen LogP) is 2.39. The van der Waals surface area contributed by atoms with Gasteiger partial charge in [-0.2, -0.15) is 0 Å². The molecular weight excluding hydrogens is 404 g/mol. The van der Waals surface area contributed by atoms with Crippen LogP contribution in [0.25, 0.3) is 0 Å². The Hall–Kier alpha value is -2.41. The minimum atomic E-state index is -0.496. The molecule has 2 fully saturated rings. The third kappa shape index (κ3) is 6.09. The molecule has 0 radical (unpaired) electrons. The fraction of sp³-hybridized carbons (Fsp3) is 0.640. The number of carbonyl (C=O) groups is 3. The second-order valence-electron chi connectivity index (χ2n) is 9.76. The zero-order valence-corrected chi connectivity index (χ0v) is 19.7. The van der Waals surface area contributed by atoms with E-state index in [1.807, 2.05) is 56.0 Å². The molecule has 3 rings (SSSR count). The fourth-order valence-electron chi connectivity index (χ4n) is 5.29. The SMILES string of the molecule is CC(C)CN(CC(N)=O)C(=O)CC1CN(Cc2ccccc2)C(=O)C(C)N1C1CCCC1. The van der Waals surface area contributed by atoms with Gasteiger partial charge in [-0.1, -0.05) is 57.0 Å². The Balaban J connectivity index is 1.81. The Labute approximate surface area is 191 Å². The number of piperazine rings is 1. The summed E-state index contributed by atoms with van der Waals surface area (Å²) in [5.74, 6) is -0.192. The summed E-state index contributed by atoms with van der Waals surface area (Å²) in [5, 5.41) is 0. The van der Waals surface area contributed by atoms with E-state index < -0.39 is 5.91 Å². The number of nitrogens with two attached hydrogens (primary N) is 1. The van der Waals surface area contributed by atoms with Crippen molar-refractivity contribution in [3.05, 3.63) is 35.9 Å². The molecule has 2 aliphatic rings. The third-order valence-corrected chi connectivity index (χ3v) is 6.63. The Morgan fingerprint density at radius 1 is 1.16 bits per heavy atom. The molecule has 1 heterocycles. The van der Waals surface area contributed by atoms with Crippen molar-refractivity contribution in [3.8, 4) is 0 Å². The Kier molecular flexibility index (Phi) is 8.29. The largest absolute Gasteiger partial charge is 0.368 e. The van der Waals surface area contributed by atoms with E-state index in [2.05, 4.69) is 4.90 Å². The second-order valence-corrected chi connectivity index (χ2v) is 9.76. The van der Waals surface area contributed by atoms with Crippen LogP contribution in [0.1, 0.15) is 58.4 Å². The average molecular weight is 443 g/mol. The quantitative estimate of drug-likeness (QED) is 0.636. The number of hydrogen-bond acceptors (Lipinski definition) is 4. The maximum absolute atomic E-state index is 13.3. The molecule has 7 nitrogen and oxygen atoms in total. The van der Waals surface area contributed by atoms with Gasteiger partial charge >= 0.3 is 0 Å². The summed E-state index contributed by atoms with van der Waals surface area (Å²) in [4.78, 5) is 43.9. The molecule has 0 spiro atoms. The Morgan fingerprint density at radius 2 is 1.81 bits per heavy atom. The first-order valence-electron chi connectivity index (χ1n) is 11.9. The lowest BCUT2D eigenvalue weighted by atomic mass is 9.97. The molecular formula is C25H38N4O3. The van der Waals surface area contributed by atoms with E-state index in [0.717, 1.165) is 31.2 Å². The van der Waals surface area contributed by atoms with Gasteiger partial charge in [0.25, 0.3) is 0 Å². The molecule has 1 saturated heterocycles. The second kappa shape index (κ2) is 10.9. The lowest BCUT2D eigenvalue weighted by molar-refractivity contribution is -0.150. The van der Waals surface area contributed by atoms with Crippen LogP contribution in [0.3, 0.4) is 0 Å². The van der Waals surface area contributed by atoms with Gasteiger partial charge in [0.05, 0.1) is 12.6 Å². The van der Waals surface area contributed by atoms with Gasteiger partial charge in [0, 0.05) is 38.1 Å². The molecule has 0 bridgehead atoms. The molecule has 1 saturated carbocycles. The van der Waals surface area contributed by atoms with Crippen LogP contribution in [0.4, 0.5) is 0 Å². The lowest BCUT2D eigenvalue weighted by Gasteiger charge is -2.48. The molecule has 7 heteroatoms. The number of nitrogens with zero attached hydrogens (tertiary/aromatic N) is 3. The smallest absolute Gasteiger partial charge is 0.240 e. The van der Waals surface area contributed by atoms with Crippen LogP contribution in [0.5, 0.6) is 0 Å². The van der Waals surface area contributed by atoms with Crippen molar-refractivity contribution in [1.82, 2.24) is 14.7 Å². The summed E-state index contributed by atoms with van der Waals surface area (Å²) in [7, 11) is 0. The van der Waals surface area contributed by atoms with Crippen molar-refractivity contribution in [3.63, 3.8) is 0 Å². The number of hydrogen-bond donors (Lipinski definition) is 1. The van der Waals surface area contributed by atoms with Crippen LogP contribution in [-0.4, -0.2) is 70.2 Å². The van der Waals surface area contributed by atoms with Gasteiger partial charge in [0.1, 0.15) is 0 Å². The van der Waals surface area contributed by atoms with Crippen LogP contribution in [0.15, 0.2) is 30.3 Å². The van der Waals surface area contributed by atoms with Crippen LogP contribution < -0.4 is 5.73 Å². The van der Waals surface area contributed by atoms with Crippen molar-refractivity contribution in [2.24, 2.45) is 11.7 Å².